The summed E-state index contributed by atoms with van der Waals surface area (Å²) in [5.74, 6) is -1.31. The van der Waals surface area contributed by atoms with E-state index in [1.807, 2.05) is 20.8 Å². The van der Waals surface area contributed by atoms with E-state index in [1.165, 1.54) is 13.8 Å². The van der Waals surface area contributed by atoms with Crippen molar-refractivity contribution in [1.29, 1.82) is 0 Å². The van der Waals surface area contributed by atoms with Crippen molar-refractivity contribution in [3.8, 4) is 0 Å². The summed E-state index contributed by atoms with van der Waals surface area (Å²) in [7, 11) is 0. The molecule has 0 rings (SSSR count). The van der Waals surface area contributed by atoms with Crippen LogP contribution in [0.1, 0.15) is 53.9 Å². The molecule has 0 spiro atoms. The molecule has 0 saturated carbocycles. The number of carboxylic acids is 1. The van der Waals surface area contributed by atoms with E-state index >= 15 is 0 Å². The van der Waals surface area contributed by atoms with Gasteiger partial charge in [0.25, 0.3) is 0 Å². The molecule has 0 aliphatic heterocycles. The predicted octanol–water partition coefficient (Wildman–Crippen LogP) is 2.14. The van der Waals surface area contributed by atoms with Gasteiger partial charge in [-0.15, -0.1) is 0 Å². The van der Waals surface area contributed by atoms with Crippen LogP contribution in [0.25, 0.3) is 0 Å². The van der Waals surface area contributed by atoms with Crippen LogP contribution in [0.4, 0.5) is 4.79 Å². The van der Waals surface area contributed by atoms with Gasteiger partial charge >= 0.3 is 12.0 Å². The van der Waals surface area contributed by atoms with Gasteiger partial charge in [0.2, 0.25) is 5.91 Å². The molecule has 0 heterocycles. The summed E-state index contributed by atoms with van der Waals surface area (Å²) in [5.41, 5.74) is -1.19. The summed E-state index contributed by atoms with van der Waals surface area (Å²) >= 11 is 0. The zero-order chi connectivity index (χ0) is 15.9. The quantitative estimate of drug-likeness (QED) is 0.668. The van der Waals surface area contributed by atoms with Gasteiger partial charge in [-0.1, -0.05) is 26.7 Å². The Labute approximate surface area is 120 Å². The minimum Gasteiger partial charge on any atom is -0.481 e. The molecule has 0 aliphatic carbocycles. The summed E-state index contributed by atoms with van der Waals surface area (Å²) < 4.78 is 0. The van der Waals surface area contributed by atoms with Crippen LogP contribution in [0.5, 0.6) is 0 Å². The van der Waals surface area contributed by atoms with Gasteiger partial charge in [-0.25, -0.2) is 4.79 Å². The van der Waals surface area contributed by atoms with Crippen LogP contribution in [0.3, 0.4) is 0 Å². The SMILES string of the molecule is CCC(CC)C(C)NC(=O)NC(=O)CC(C)(C)C(=O)O. The topological polar surface area (TPSA) is 95.5 Å². The molecule has 0 aromatic carbocycles. The Morgan fingerprint density at radius 1 is 1.15 bits per heavy atom. The maximum Gasteiger partial charge on any atom is 0.321 e. The lowest BCUT2D eigenvalue weighted by molar-refractivity contribution is -0.149. The highest BCUT2D eigenvalue weighted by atomic mass is 16.4. The maximum atomic E-state index is 11.7. The van der Waals surface area contributed by atoms with Crippen LogP contribution >= 0.6 is 0 Å². The third kappa shape index (κ3) is 6.04. The molecule has 0 saturated heterocycles. The monoisotopic (exact) mass is 286 g/mol. The van der Waals surface area contributed by atoms with Crippen molar-refractivity contribution in [2.75, 3.05) is 0 Å². The van der Waals surface area contributed by atoms with Gasteiger partial charge in [0, 0.05) is 12.5 Å². The predicted molar refractivity (Wildman–Crippen MR) is 76.2 cm³/mol. The van der Waals surface area contributed by atoms with Crippen LogP contribution in [0.15, 0.2) is 0 Å². The Kier molecular flexibility index (Phi) is 7.24. The Morgan fingerprint density at radius 2 is 1.65 bits per heavy atom. The van der Waals surface area contributed by atoms with Crippen molar-refractivity contribution in [3.63, 3.8) is 0 Å². The second-order valence-corrected chi connectivity index (χ2v) is 5.75. The van der Waals surface area contributed by atoms with E-state index in [1.54, 1.807) is 0 Å². The maximum absolute atomic E-state index is 11.7. The van der Waals surface area contributed by atoms with Crippen LogP contribution in [-0.4, -0.2) is 29.1 Å². The van der Waals surface area contributed by atoms with Crippen LogP contribution in [-0.2, 0) is 9.59 Å². The van der Waals surface area contributed by atoms with E-state index in [0.29, 0.717) is 5.92 Å². The van der Waals surface area contributed by atoms with Crippen molar-refractivity contribution in [2.24, 2.45) is 11.3 Å². The molecule has 6 heteroatoms. The fourth-order valence-corrected chi connectivity index (χ4v) is 2.00. The summed E-state index contributed by atoms with van der Waals surface area (Å²) in [4.78, 5) is 34.2. The third-order valence-corrected chi connectivity index (χ3v) is 3.55. The first-order valence-corrected chi connectivity index (χ1v) is 6.97. The average molecular weight is 286 g/mol. The van der Waals surface area contributed by atoms with Crippen LogP contribution in [0.2, 0.25) is 0 Å². The van der Waals surface area contributed by atoms with Crippen molar-refractivity contribution in [1.82, 2.24) is 10.6 Å². The Hall–Kier alpha value is -1.59. The van der Waals surface area contributed by atoms with Gasteiger partial charge in [0.05, 0.1) is 5.41 Å². The summed E-state index contributed by atoms with van der Waals surface area (Å²) in [6.45, 7) is 8.87. The van der Waals surface area contributed by atoms with Crippen molar-refractivity contribution in [2.45, 2.75) is 59.9 Å². The second-order valence-electron chi connectivity index (χ2n) is 5.75. The van der Waals surface area contributed by atoms with Gasteiger partial charge in [0.1, 0.15) is 0 Å². The fraction of sp³-hybridized carbons (Fsp3) is 0.786. The highest BCUT2D eigenvalue weighted by molar-refractivity contribution is 5.96. The number of rotatable bonds is 7. The zero-order valence-electron chi connectivity index (χ0n) is 12.9. The van der Waals surface area contributed by atoms with Gasteiger partial charge in [-0.2, -0.15) is 0 Å². The average Bonchev–Trinajstić information content (AvgIpc) is 2.28. The number of carboxylic acid groups (broad SMARTS) is 1. The Balaban J connectivity index is 4.34. The molecular formula is C14H26N2O4. The van der Waals surface area contributed by atoms with Gasteiger partial charge in [0.15, 0.2) is 0 Å². The van der Waals surface area contributed by atoms with Gasteiger partial charge in [-0.05, 0) is 26.7 Å². The number of carbonyl (C=O) groups excluding carboxylic acids is 2. The molecule has 1 unspecified atom stereocenters. The molecule has 3 N–H and O–H groups in total. The van der Waals surface area contributed by atoms with E-state index in [9.17, 15) is 14.4 Å². The lowest BCUT2D eigenvalue weighted by atomic mass is 9.89. The van der Waals surface area contributed by atoms with Gasteiger partial charge < -0.3 is 10.4 Å². The zero-order valence-corrected chi connectivity index (χ0v) is 12.9. The first-order chi connectivity index (χ1) is 9.13. The number of amides is 3. The first-order valence-electron chi connectivity index (χ1n) is 6.97. The fourth-order valence-electron chi connectivity index (χ4n) is 2.00. The van der Waals surface area contributed by atoms with Crippen LogP contribution < -0.4 is 10.6 Å². The van der Waals surface area contributed by atoms with Crippen molar-refractivity contribution in [3.05, 3.63) is 0 Å². The van der Waals surface area contributed by atoms with E-state index < -0.39 is 23.3 Å². The lowest BCUT2D eigenvalue weighted by Crippen LogP contribution is -2.47. The number of hydrogen-bond donors (Lipinski definition) is 3. The molecule has 6 nitrogen and oxygen atoms in total. The second kappa shape index (κ2) is 7.87. The van der Waals surface area contributed by atoms with E-state index in [2.05, 4.69) is 10.6 Å². The molecule has 20 heavy (non-hydrogen) atoms. The molecule has 0 aromatic heterocycles. The van der Waals surface area contributed by atoms with E-state index in [0.717, 1.165) is 12.8 Å². The van der Waals surface area contributed by atoms with E-state index in [-0.39, 0.29) is 12.5 Å². The molecule has 1 atom stereocenters. The summed E-state index contributed by atoms with van der Waals surface area (Å²) in [5, 5.41) is 13.8. The Bertz CT molecular complexity index is 362. The number of aliphatic carboxylic acids is 1. The van der Waals surface area contributed by atoms with Crippen molar-refractivity contribution >= 4 is 17.9 Å². The lowest BCUT2D eigenvalue weighted by Gasteiger charge is -2.23. The summed E-state index contributed by atoms with van der Waals surface area (Å²) in [6, 6.07) is -0.610. The number of hydrogen-bond acceptors (Lipinski definition) is 3. The molecule has 0 fully saturated rings. The minimum absolute atomic E-state index is 0.0368. The number of nitrogens with one attached hydrogen (secondary N) is 2. The number of imide groups is 1. The number of urea groups is 1. The molecule has 0 aliphatic rings. The minimum atomic E-state index is -1.19. The number of carbonyl (C=O) groups is 3. The standard InChI is InChI=1S/C14H26N2O4/c1-6-10(7-2)9(3)15-13(20)16-11(17)8-14(4,5)12(18)19/h9-10H,6-8H2,1-5H3,(H,18,19)(H2,15,16,17,20). The first kappa shape index (κ1) is 18.4. The highest BCUT2D eigenvalue weighted by Gasteiger charge is 2.30. The summed E-state index contributed by atoms with van der Waals surface area (Å²) in [6.07, 6.45) is 1.64. The largest absolute Gasteiger partial charge is 0.481 e. The Morgan fingerprint density at radius 3 is 2.05 bits per heavy atom. The smallest absolute Gasteiger partial charge is 0.321 e. The molecule has 0 bridgehead atoms. The van der Waals surface area contributed by atoms with Crippen LogP contribution in [0, 0.1) is 11.3 Å². The molecule has 116 valence electrons. The highest BCUT2D eigenvalue weighted by Crippen LogP contribution is 2.20. The molecule has 3 amide bonds. The molecule has 0 aromatic rings. The molecule has 0 radical (unpaired) electrons. The van der Waals surface area contributed by atoms with E-state index in [4.69, 9.17) is 5.11 Å². The molecular weight excluding hydrogens is 260 g/mol. The third-order valence-electron chi connectivity index (χ3n) is 3.55. The normalized spacial score (nSPS) is 12.9. The van der Waals surface area contributed by atoms with Gasteiger partial charge in [-0.3, -0.25) is 14.9 Å². The van der Waals surface area contributed by atoms with Crippen molar-refractivity contribution < 1.29 is 19.5 Å².